The standard InChI is InChI=1S/C24H33N9O2S/c1-23(2)13-18(14-24(3,4)30-23)26-21(34)28-27-16-8-10-20(11-9-16)35-15-25-17-6-5-7-19(12-17)33-22(36)29-31-32-33/h5-12,18,25,27,30H,13-15H2,1-4H3,(H2,26,28,34)(H,29,32,36). The summed E-state index contributed by atoms with van der Waals surface area (Å²) in [6.45, 7) is 8.90. The molecule has 0 spiro atoms. The van der Waals surface area contributed by atoms with Crippen LogP contribution >= 0.6 is 12.2 Å². The second-order valence-electron chi connectivity index (χ2n) is 10.2. The number of tetrazole rings is 1. The van der Waals surface area contributed by atoms with Gasteiger partial charge in [-0.2, -0.15) is 5.21 Å². The number of aromatic nitrogens is 4. The summed E-state index contributed by atoms with van der Waals surface area (Å²) < 4.78 is 7.74. The third kappa shape index (κ3) is 6.95. The minimum Gasteiger partial charge on any atom is -0.473 e. The molecule has 12 heteroatoms. The molecule has 2 aromatic carbocycles. The molecule has 6 N–H and O–H groups in total. The lowest BCUT2D eigenvalue weighted by molar-refractivity contribution is 0.148. The normalized spacial score (nSPS) is 16.7. The van der Waals surface area contributed by atoms with E-state index in [2.05, 4.69) is 70.0 Å². The Balaban J connectivity index is 1.21. The van der Waals surface area contributed by atoms with Crippen LogP contribution in [-0.4, -0.2) is 50.1 Å². The maximum absolute atomic E-state index is 12.4. The SMILES string of the molecule is CC1(C)CC(NC(=O)NNc2ccc(OCNc3cccc(-n4[nH]nnc4=S)c3)cc2)CC(C)(C)N1. The van der Waals surface area contributed by atoms with Crippen LogP contribution in [-0.2, 0) is 0 Å². The highest BCUT2D eigenvalue weighted by Crippen LogP contribution is 2.28. The number of ether oxygens (including phenoxy) is 1. The molecule has 0 saturated carbocycles. The molecule has 0 bridgehead atoms. The molecule has 1 aromatic heterocycles. The van der Waals surface area contributed by atoms with Gasteiger partial charge >= 0.3 is 6.03 Å². The summed E-state index contributed by atoms with van der Waals surface area (Å²) in [5.41, 5.74) is 7.99. The van der Waals surface area contributed by atoms with E-state index in [1.54, 1.807) is 4.68 Å². The highest BCUT2D eigenvalue weighted by Gasteiger charge is 2.38. The van der Waals surface area contributed by atoms with Crippen LogP contribution in [0.3, 0.4) is 0 Å². The van der Waals surface area contributed by atoms with E-state index in [0.29, 0.717) is 10.5 Å². The van der Waals surface area contributed by atoms with Gasteiger partial charge in [-0.3, -0.25) is 10.9 Å². The Bertz CT molecular complexity index is 1220. The number of hydrogen-bond acceptors (Lipinski definition) is 8. The average Bonchev–Trinajstić information content (AvgIpc) is 3.22. The molecule has 1 aliphatic heterocycles. The minimum atomic E-state index is -0.257. The highest BCUT2D eigenvalue weighted by molar-refractivity contribution is 7.71. The zero-order chi connectivity index (χ0) is 25.8. The molecular weight excluding hydrogens is 478 g/mol. The van der Waals surface area contributed by atoms with Crippen LogP contribution in [0.1, 0.15) is 40.5 Å². The van der Waals surface area contributed by atoms with E-state index < -0.39 is 0 Å². The molecule has 11 nitrogen and oxygen atoms in total. The minimum absolute atomic E-state index is 0.0361. The number of nitrogens with one attached hydrogen (secondary N) is 6. The number of urea groups is 1. The van der Waals surface area contributed by atoms with Gasteiger partial charge in [0.25, 0.3) is 0 Å². The quantitative estimate of drug-likeness (QED) is 0.153. The van der Waals surface area contributed by atoms with Crippen LogP contribution < -0.4 is 31.5 Å². The Morgan fingerprint density at radius 2 is 1.83 bits per heavy atom. The zero-order valence-corrected chi connectivity index (χ0v) is 21.7. The molecule has 1 aliphatic rings. The topological polar surface area (TPSA) is 133 Å². The van der Waals surface area contributed by atoms with Crippen molar-refractivity contribution in [2.45, 2.75) is 57.7 Å². The second-order valence-corrected chi connectivity index (χ2v) is 10.5. The van der Waals surface area contributed by atoms with Crippen LogP contribution in [0.4, 0.5) is 16.2 Å². The van der Waals surface area contributed by atoms with Crippen molar-refractivity contribution in [1.29, 1.82) is 0 Å². The van der Waals surface area contributed by atoms with Gasteiger partial charge in [-0.25, -0.2) is 9.48 Å². The van der Waals surface area contributed by atoms with E-state index >= 15 is 0 Å². The number of nitrogens with zero attached hydrogens (tertiary/aromatic N) is 3. The fourth-order valence-electron chi connectivity index (χ4n) is 4.73. The summed E-state index contributed by atoms with van der Waals surface area (Å²) in [7, 11) is 0. The number of anilines is 2. The molecule has 1 saturated heterocycles. The van der Waals surface area contributed by atoms with E-state index in [0.717, 1.165) is 29.9 Å². The van der Waals surface area contributed by atoms with Gasteiger partial charge in [0.15, 0.2) is 6.73 Å². The molecule has 2 heterocycles. The molecule has 0 atom stereocenters. The van der Waals surface area contributed by atoms with Crippen molar-refractivity contribution in [3.8, 4) is 11.4 Å². The molecular formula is C24H33N9O2S. The summed E-state index contributed by atoms with van der Waals surface area (Å²) in [5, 5.41) is 20.1. The number of hydrazine groups is 1. The van der Waals surface area contributed by atoms with Gasteiger partial charge < -0.3 is 20.7 Å². The van der Waals surface area contributed by atoms with E-state index in [1.165, 1.54) is 0 Å². The van der Waals surface area contributed by atoms with Gasteiger partial charge in [0, 0.05) is 22.8 Å². The molecule has 1 fully saturated rings. The van der Waals surface area contributed by atoms with Gasteiger partial charge in [-0.15, -0.1) is 0 Å². The Kier molecular flexibility index (Phi) is 7.45. The van der Waals surface area contributed by atoms with Crippen LogP contribution in [0.15, 0.2) is 48.5 Å². The van der Waals surface area contributed by atoms with Crippen LogP contribution in [0.5, 0.6) is 5.75 Å². The van der Waals surface area contributed by atoms with Crippen molar-refractivity contribution in [3.05, 3.63) is 53.3 Å². The summed E-state index contributed by atoms with van der Waals surface area (Å²) in [6, 6.07) is 14.8. The highest BCUT2D eigenvalue weighted by atomic mass is 32.1. The van der Waals surface area contributed by atoms with Gasteiger partial charge in [-0.05, 0) is 95.2 Å². The predicted octanol–water partition coefficient (Wildman–Crippen LogP) is 3.71. The van der Waals surface area contributed by atoms with Crippen molar-refractivity contribution < 1.29 is 9.53 Å². The van der Waals surface area contributed by atoms with Crippen LogP contribution in [0, 0.1) is 4.77 Å². The molecule has 36 heavy (non-hydrogen) atoms. The Morgan fingerprint density at radius 1 is 1.11 bits per heavy atom. The molecule has 0 aliphatic carbocycles. The van der Waals surface area contributed by atoms with Gasteiger partial charge in [0.2, 0.25) is 4.77 Å². The van der Waals surface area contributed by atoms with Crippen molar-refractivity contribution in [3.63, 3.8) is 0 Å². The Labute approximate surface area is 215 Å². The van der Waals surface area contributed by atoms with Crippen molar-refractivity contribution in [1.82, 2.24) is 36.3 Å². The lowest BCUT2D eigenvalue weighted by Gasteiger charge is -2.46. The molecule has 0 radical (unpaired) electrons. The van der Waals surface area contributed by atoms with Crippen molar-refractivity contribution >= 4 is 29.6 Å². The van der Waals surface area contributed by atoms with Gasteiger partial charge in [0.05, 0.1) is 11.4 Å². The number of benzene rings is 2. The molecule has 0 unspecified atom stereocenters. The first-order valence-electron chi connectivity index (χ1n) is 11.8. The summed E-state index contributed by atoms with van der Waals surface area (Å²) in [4.78, 5) is 12.4. The smallest absolute Gasteiger partial charge is 0.333 e. The van der Waals surface area contributed by atoms with Gasteiger partial charge in [-0.1, -0.05) is 16.4 Å². The lowest BCUT2D eigenvalue weighted by Crippen LogP contribution is -2.62. The number of carbonyl (C=O) groups excluding carboxylic acids is 1. The number of amides is 2. The predicted molar refractivity (Wildman–Crippen MR) is 142 cm³/mol. The summed E-state index contributed by atoms with van der Waals surface area (Å²) >= 11 is 5.14. The number of hydrogen-bond donors (Lipinski definition) is 6. The number of piperidine rings is 1. The second kappa shape index (κ2) is 10.5. The lowest BCUT2D eigenvalue weighted by atomic mass is 9.80. The first kappa shape index (κ1) is 25.5. The molecule has 3 aromatic rings. The van der Waals surface area contributed by atoms with E-state index in [9.17, 15) is 4.79 Å². The fraction of sp³-hybridized carbons (Fsp3) is 0.417. The maximum atomic E-state index is 12.4. The van der Waals surface area contributed by atoms with Crippen molar-refractivity contribution in [2.24, 2.45) is 0 Å². The summed E-state index contributed by atoms with van der Waals surface area (Å²) in [6.07, 6.45) is 1.73. The van der Waals surface area contributed by atoms with Gasteiger partial charge in [0.1, 0.15) is 5.75 Å². The van der Waals surface area contributed by atoms with E-state index in [1.807, 2.05) is 48.5 Å². The average molecular weight is 512 g/mol. The Morgan fingerprint density at radius 3 is 2.50 bits per heavy atom. The zero-order valence-electron chi connectivity index (χ0n) is 20.9. The van der Waals surface area contributed by atoms with Crippen LogP contribution in [0.2, 0.25) is 0 Å². The monoisotopic (exact) mass is 511 g/mol. The molecule has 2 amide bonds. The largest absolute Gasteiger partial charge is 0.473 e. The molecule has 192 valence electrons. The van der Waals surface area contributed by atoms with Crippen LogP contribution in [0.25, 0.3) is 5.69 Å². The number of aromatic amines is 1. The van der Waals surface area contributed by atoms with E-state index in [-0.39, 0.29) is 29.9 Å². The number of rotatable bonds is 8. The molecule has 4 rings (SSSR count). The van der Waals surface area contributed by atoms with E-state index in [4.69, 9.17) is 17.0 Å². The fourth-order valence-corrected chi connectivity index (χ4v) is 4.92. The summed E-state index contributed by atoms with van der Waals surface area (Å²) in [5.74, 6) is 0.688. The number of H-pyrrole nitrogens is 1. The maximum Gasteiger partial charge on any atom is 0.333 e. The first-order valence-corrected chi connectivity index (χ1v) is 12.2. The third-order valence-corrected chi connectivity index (χ3v) is 6.06. The van der Waals surface area contributed by atoms with Crippen molar-refractivity contribution in [2.75, 3.05) is 17.5 Å². The first-order chi connectivity index (χ1) is 17.1. The third-order valence-electron chi connectivity index (χ3n) is 5.79. The Hall–Kier alpha value is -3.64. The number of carbonyl (C=O) groups is 1.